The van der Waals surface area contributed by atoms with Crippen molar-refractivity contribution in [3.63, 3.8) is 0 Å². The average molecular weight is 390 g/mol. The number of carbonyl (C=O) groups excluding carboxylic acids is 2. The summed E-state index contributed by atoms with van der Waals surface area (Å²) in [6.45, 7) is 11.7. The minimum Gasteiger partial charge on any atom is -0.444 e. The van der Waals surface area contributed by atoms with E-state index in [1.165, 1.54) is 18.4 Å². The van der Waals surface area contributed by atoms with E-state index in [1.54, 1.807) is 20.8 Å². The lowest BCUT2D eigenvalue weighted by atomic mass is 9.99. The first-order valence-corrected chi connectivity index (χ1v) is 10.3. The number of hydrogen-bond donors (Lipinski definition) is 2. The summed E-state index contributed by atoms with van der Waals surface area (Å²) < 4.78 is 5.16. The van der Waals surface area contributed by atoms with E-state index in [0.29, 0.717) is 6.54 Å². The van der Waals surface area contributed by atoms with Gasteiger partial charge in [-0.3, -0.25) is 9.69 Å². The van der Waals surface area contributed by atoms with Crippen LogP contribution in [0, 0.1) is 5.92 Å². The quantitative estimate of drug-likeness (QED) is 0.749. The van der Waals surface area contributed by atoms with Crippen molar-refractivity contribution in [3.05, 3.63) is 35.4 Å². The van der Waals surface area contributed by atoms with Crippen molar-refractivity contribution < 1.29 is 14.3 Å². The molecular formula is C22H35N3O3. The number of piperidine rings is 1. The fraction of sp³-hybridized carbons (Fsp3) is 0.636. The zero-order chi connectivity index (χ0) is 20.6. The standard InChI is InChI=1S/C22H35N3O3/c1-17-8-7-13-25(15-17)16-19-10-6-5-9-18(19)14-24-20(26)11-12-23-21(27)28-22(2,3)4/h5-6,9-10,17H,7-8,11-16H2,1-4H3,(H,23,27)(H,24,26)/t17-/m0/s1. The van der Waals surface area contributed by atoms with Gasteiger partial charge in [0, 0.05) is 32.6 Å². The summed E-state index contributed by atoms with van der Waals surface area (Å²) in [5.41, 5.74) is 1.88. The van der Waals surface area contributed by atoms with E-state index in [2.05, 4.69) is 40.7 Å². The van der Waals surface area contributed by atoms with Crippen LogP contribution in [0.2, 0.25) is 0 Å². The maximum absolute atomic E-state index is 12.1. The molecule has 2 rings (SSSR count). The molecule has 1 fully saturated rings. The summed E-state index contributed by atoms with van der Waals surface area (Å²) in [7, 11) is 0. The Morgan fingerprint density at radius 3 is 2.57 bits per heavy atom. The Labute approximate surface area is 169 Å². The third kappa shape index (κ3) is 8.30. The topological polar surface area (TPSA) is 70.7 Å². The van der Waals surface area contributed by atoms with E-state index in [0.717, 1.165) is 31.1 Å². The van der Waals surface area contributed by atoms with Gasteiger partial charge in [0.15, 0.2) is 0 Å². The summed E-state index contributed by atoms with van der Waals surface area (Å²) in [5.74, 6) is 0.663. The molecule has 156 valence electrons. The summed E-state index contributed by atoms with van der Waals surface area (Å²) in [6.07, 6.45) is 2.29. The predicted octanol–water partition coefficient (Wildman–Crippen LogP) is 3.45. The molecule has 1 aliphatic rings. The molecule has 0 saturated carbocycles. The molecule has 2 amide bonds. The molecule has 1 aliphatic heterocycles. The molecule has 2 N–H and O–H groups in total. The predicted molar refractivity (Wildman–Crippen MR) is 111 cm³/mol. The Morgan fingerprint density at radius 2 is 1.89 bits per heavy atom. The van der Waals surface area contributed by atoms with E-state index in [-0.39, 0.29) is 18.9 Å². The molecule has 6 heteroatoms. The van der Waals surface area contributed by atoms with E-state index in [9.17, 15) is 9.59 Å². The molecule has 0 aliphatic carbocycles. The Hall–Kier alpha value is -2.08. The van der Waals surface area contributed by atoms with Crippen LogP contribution >= 0.6 is 0 Å². The summed E-state index contributed by atoms with van der Waals surface area (Å²) in [5, 5.41) is 5.57. The second-order valence-corrected chi connectivity index (χ2v) is 8.71. The fourth-order valence-electron chi connectivity index (χ4n) is 3.43. The lowest BCUT2D eigenvalue weighted by molar-refractivity contribution is -0.121. The number of alkyl carbamates (subject to hydrolysis) is 1. The molecule has 1 aromatic rings. The number of nitrogens with one attached hydrogen (secondary N) is 2. The molecule has 0 bridgehead atoms. The van der Waals surface area contributed by atoms with Crippen molar-refractivity contribution in [1.29, 1.82) is 0 Å². The molecule has 28 heavy (non-hydrogen) atoms. The van der Waals surface area contributed by atoms with Crippen molar-refractivity contribution in [2.75, 3.05) is 19.6 Å². The number of likely N-dealkylation sites (tertiary alicyclic amines) is 1. The average Bonchev–Trinajstić information content (AvgIpc) is 2.59. The third-order valence-electron chi connectivity index (χ3n) is 4.75. The van der Waals surface area contributed by atoms with Crippen molar-refractivity contribution in [3.8, 4) is 0 Å². The molecule has 0 spiro atoms. The molecule has 6 nitrogen and oxygen atoms in total. The third-order valence-corrected chi connectivity index (χ3v) is 4.75. The van der Waals surface area contributed by atoms with E-state index < -0.39 is 11.7 Å². The molecule has 0 aromatic heterocycles. The molecular weight excluding hydrogens is 354 g/mol. The van der Waals surface area contributed by atoms with Gasteiger partial charge in [-0.15, -0.1) is 0 Å². The molecule has 1 aromatic carbocycles. The Balaban J connectivity index is 1.76. The number of hydrogen-bond acceptors (Lipinski definition) is 4. The summed E-state index contributed by atoms with van der Waals surface area (Å²) >= 11 is 0. The van der Waals surface area contributed by atoms with Crippen LogP contribution in [-0.4, -0.2) is 42.1 Å². The van der Waals surface area contributed by atoms with Crippen molar-refractivity contribution >= 4 is 12.0 Å². The molecule has 1 saturated heterocycles. The second-order valence-electron chi connectivity index (χ2n) is 8.71. The highest BCUT2D eigenvalue weighted by Gasteiger charge is 2.18. The Kier molecular flexibility index (Phi) is 8.30. The van der Waals surface area contributed by atoms with E-state index >= 15 is 0 Å². The lowest BCUT2D eigenvalue weighted by Crippen LogP contribution is -2.35. The maximum atomic E-state index is 12.1. The van der Waals surface area contributed by atoms with Gasteiger partial charge in [-0.25, -0.2) is 4.79 Å². The highest BCUT2D eigenvalue weighted by Crippen LogP contribution is 2.19. The first kappa shape index (κ1) is 22.2. The monoisotopic (exact) mass is 389 g/mol. The minimum absolute atomic E-state index is 0.0857. The molecule has 1 atom stereocenters. The van der Waals surface area contributed by atoms with Crippen LogP contribution in [0.3, 0.4) is 0 Å². The Bertz CT molecular complexity index is 655. The van der Waals surface area contributed by atoms with Gasteiger partial charge < -0.3 is 15.4 Å². The van der Waals surface area contributed by atoms with Crippen LogP contribution in [0.15, 0.2) is 24.3 Å². The van der Waals surface area contributed by atoms with Crippen LogP contribution in [0.1, 0.15) is 58.1 Å². The summed E-state index contributed by atoms with van der Waals surface area (Å²) in [4.78, 5) is 26.2. The van der Waals surface area contributed by atoms with Gasteiger partial charge in [-0.1, -0.05) is 31.2 Å². The van der Waals surface area contributed by atoms with Gasteiger partial charge in [0.2, 0.25) is 5.91 Å². The van der Waals surface area contributed by atoms with E-state index in [1.807, 2.05) is 6.07 Å². The van der Waals surface area contributed by atoms with Crippen LogP contribution in [0.5, 0.6) is 0 Å². The number of nitrogens with zero attached hydrogens (tertiary/aromatic N) is 1. The molecule has 0 radical (unpaired) electrons. The molecule has 0 unspecified atom stereocenters. The van der Waals surface area contributed by atoms with Gasteiger partial charge in [-0.05, 0) is 57.2 Å². The lowest BCUT2D eigenvalue weighted by Gasteiger charge is -2.31. The van der Waals surface area contributed by atoms with Crippen LogP contribution in [0.25, 0.3) is 0 Å². The van der Waals surface area contributed by atoms with Gasteiger partial charge in [-0.2, -0.15) is 0 Å². The first-order chi connectivity index (χ1) is 13.2. The van der Waals surface area contributed by atoms with Crippen molar-refractivity contribution in [2.24, 2.45) is 5.92 Å². The number of carbonyl (C=O) groups is 2. The smallest absolute Gasteiger partial charge is 0.407 e. The fourth-order valence-corrected chi connectivity index (χ4v) is 3.43. The summed E-state index contributed by atoms with van der Waals surface area (Å²) in [6, 6.07) is 8.28. The van der Waals surface area contributed by atoms with Crippen molar-refractivity contribution in [2.45, 2.75) is 65.6 Å². The number of ether oxygens (including phenoxy) is 1. The number of amides is 2. The second kappa shape index (κ2) is 10.5. The zero-order valence-electron chi connectivity index (χ0n) is 17.7. The van der Waals surface area contributed by atoms with Gasteiger partial charge in [0.1, 0.15) is 5.60 Å². The Morgan fingerprint density at radius 1 is 1.18 bits per heavy atom. The largest absolute Gasteiger partial charge is 0.444 e. The maximum Gasteiger partial charge on any atom is 0.407 e. The van der Waals surface area contributed by atoms with Gasteiger partial charge in [0.25, 0.3) is 0 Å². The zero-order valence-corrected chi connectivity index (χ0v) is 17.7. The normalized spacial score (nSPS) is 17.8. The first-order valence-electron chi connectivity index (χ1n) is 10.3. The highest BCUT2D eigenvalue weighted by molar-refractivity contribution is 5.77. The van der Waals surface area contributed by atoms with Crippen molar-refractivity contribution in [1.82, 2.24) is 15.5 Å². The van der Waals surface area contributed by atoms with Crippen LogP contribution in [0.4, 0.5) is 4.79 Å². The van der Waals surface area contributed by atoms with Crippen LogP contribution < -0.4 is 10.6 Å². The highest BCUT2D eigenvalue weighted by atomic mass is 16.6. The minimum atomic E-state index is -0.539. The number of benzene rings is 1. The van der Waals surface area contributed by atoms with Crippen LogP contribution in [-0.2, 0) is 22.6 Å². The van der Waals surface area contributed by atoms with Gasteiger partial charge >= 0.3 is 6.09 Å². The number of rotatable bonds is 7. The van der Waals surface area contributed by atoms with Gasteiger partial charge in [0.05, 0.1) is 0 Å². The SMILES string of the molecule is C[C@H]1CCCN(Cc2ccccc2CNC(=O)CCNC(=O)OC(C)(C)C)C1. The van der Waals surface area contributed by atoms with E-state index in [4.69, 9.17) is 4.74 Å². The molecule has 1 heterocycles.